The maximum atomic E-state index is 12.1. The van der Waals surface area contributed by atoms with Gasteiger partial charge in [-0.25, -0.2) is 0 Å². The lowest BCUT2D eigenvalue weighted by molar-refractivity contribution is 0.0934. The first-order chi connectivity index (χ1) is 14.9. The fraction of sp³-hybridized carbons (Fsp3) is 0.417. The number of H-pyrrole nitrogens is 1. The summed E-state index contributed by atoms with van der Waals surface area (Å²) in [6, 6.07) is 7.73. The number of piperazine rings is 1. The van der Waals surface area contributed by atoms with E-state index in [-0.39, 0.29) is 18.7 Å². The molecule has 7 nitrogen and oxygen atoms in total. The van der Waals surface area contributed by atoms with Gasteiger partial charge in [-0.3, -0.25) is 24.5 Å². The molecule has 1 fully saturated rings. The van der Waals surface area contributed by atoms with Gasteiger partial charge in [-0.1, -0.05) is 20.8 Å². The Morgan fingerprint density at radius 1 is 1.13 bits per heavy atom. The highest BCUT2D eigenvalue weighted by Crippen LogP contribution is 2.19. The van der Waals surface area contributed by atoms with Crippen LogP contribution in [0.2, 0.25) is 0 Å². The molecule has 164 valence electrons. The van der Waals surface area contributed by atoms with Crippen LogP contribution < -0.4 is 10.5 Å². The lowest BCUT2D eigenvalue weighted by Crippen LogP contribution is -2.46. The molecule has 4 heterocycles. The number of ketones is 1. The number of carbonyl (C=O) groups excluding carboxylic acids is 1. The lowest BCUT2D eigenvalue weighted by Gasteiger charge is -2.36. The molecule has 1 N–H and O–H groups in total. The van der Waals surface area contributed by atoms with Gasteiger partial charge in [0, 0.05) is 51.8 Å². The number of anilines is 1. The second-order valence-electron chi connectivity index (χ2n) is 8.44. The third kappa shape index (κ3) is 4.66. The van der Waals surface area contributed by atoms with Gasteiger partial charge in [-0.15, -0.1) is 0 Å². The minimum atomic E-state index is -0.0435. The zero-order valence-electron chi connectivity index (χ0n) is 18.4. The molecule has 0 amide bonds. The van der Waals surface area contributed by atoms with Crippen molar-refractivity contribution >= 4 is 22.5 Å². The molecule has 31 heavy (non-hydrogen) atoms. The Bertz CT molecular complexity index is 1140. The van der Waals surface area contributed by atoms with Crippen LogP contribution >= 0.6 is 0 Å². The number of Topliss-reactive ketones (excluding diaryl/α,β-unsaturated/α-hetero) is 1. The van der Waals surface area contributed by atoms with E-state index in [9.17, 15) is 9.59 Å². The number of nitrogens with zero attached hydrogens (tertiary/aromatic N) is 4. The molecule has 7 heteroatoms. The van der Waals surface area contributed by atoms with E-state index < -0.39 is 0 Å². The summed E-state index contributed by atoms with van der Waals surface area (Å²) in [7, 11) is 0. The number of carbonyl (C=O) groups is 1. The van der Waals surface area contributed by atoms with Crippen molar-refractivity contribution in [2.45, 2.75) is 33.7 Å². The smallest absolute Gasteiger partial charge is 0.251 e. The van der Waals surface area contributed by atoms with Crippen molar-refractivity contribution in [3.63, 3.8) is 0 Å². The van der Waals surface area contributed by atoms with Crippen LogP contribution in [0.4, 0.5) is 5.69 Å². The second kappa shape index (κ2) is 8.98. The van der Waals surface area contributed by atoms with E-state index in [4.69, 9.17) is 0 Å². The normalized spacial score (nSPS) is 15.0. The van der Waals surface area contributed by atoms with Crippen LogP contribution in [-0.4, -0.2) is 51.8 Å². The largest absolute Gasteiger partial charge is 0.368 e. The van der Waals surface area contributed by atoms with E-state index in [2.05, 4.69) is 24.8 Å². The van der Waals surface area contributed by atoms with Crippen molar-refractivity contribution in [1.29, 1.82) is 0 Å². The monoisotopic (exact) mass is 421 g/mol. The molecule has 0 spiro atoms. The maximum absolute atomic E-state index is 12.1. The van der Waals surface area contributed by atoms with E-state index in [1.165, 1.54) is 0 Å². The van der Waals surface area contributed by atoms with Crippen LogP contribution in [0.5, 0.6) is 0 Å². The molecule has 3 aromatic rings. The van der Waals surface area contributed by atoms with Gasteiger partial charge in [0.05, 0.1) is 22.9 Å². The first-order valence-corrected chi connectivity index (χ1v) is 10.9. The minimum Gasteiger partial charge on any atom is -0.368 e. The van der Waals surface area contributed by atoms with Gasteiger partial charge in [0.2, 0.25) is 0 Å². The molecule has 0 aliphatic carbocycles. The van der Waals surface area contributed by atoms with Gasteiger partial charge in [-0.05, 0) is 36.2 Å². The fourth-order valence-electron chi connectivity index (χ4n) is 3.95. The Balaban J connectivity index is 0.00000289. The number of hydrogen-bond donors (Lipinski definition) is 1. The first kappa shape index (κ1) is 21.2. The molecule has 0 unspecified atom stereocenters. The van der Waals surface area contributed by atoms with Gasteiger partial charge in [0.25, 0.3) is 5.56 Å². The minimum absolute atomic E-state index is 0. The van der Waals surface area contributed by atoms with Crippen LogP contribution in [0.25, 0.3) is 11.0 Å². The summed E-state index contributed by atoms with van der Waals surface area (Å²) in [5.74, 6) is 0.0330. The summed E-state index contributed by atoms with van der Waals surface area (Å²) >= 11 is 0. The Morgan fingerprint density at radius 3 is 2.55 bits per heavy atom. The van der Waals surface area contributed by atoms with Crippen molar-refractivity contribution in [3.8, 4) is 0 Å². The fourth-order valence-corrected chi connectivity index (χ4v) is 3.95. The van der Waals surface area contributed by atoms with Crippen molar-refractivity contribution in [2.75, 3.05) is 31.1 Å². The van der Waals surface area contributed by atoms with Gasteiger partial charge in [0.1, 0.15) is 5.69 Å². The number of pyridine rings is 3. The van der Waals surface area contributed by atoms with E-state index >= 15 is 0 Å². The highest BCUT2D eigenvalue weighted by Gasteiger charge is 2.19. The second-order valence-corrected chi connectivity index (χ2v) is 8.44. The summed E-state index contributed by atoms with van der Waals surface area (Å²) in [4.78, 5) is 40.7. The van der Waals surface area contributed by atoms with Crippen LogP contribution in [0.1, 0.15) is 43.8 Å². The van der Waals surface area contributed by atoms with Gasteiger partial charge < -0.3 is 9.88 Å². The molecule has 1 saturated heterocycles. The van der Waals surface area contributed by atoms with Crippen LogP contribution in [0, 0.1) is 5.92 Å². The average molecular weight is 422 g/mol. The van der Waals surface area contributed by atoms with Gasteiger partial charge >= 0.3 is 0 Å². The number of fused-ring (bicyclic) bond motifs is 1. The summed E-state index contributed by atoms with van der Waals surface area (Å²) in [5.41, 5.74) is 5.04. The van der Waals surface area contributed by atoms with Crippen molar-refractivity contribution in [2.24, 2.45) is 5.92 Å². The third-order valence-electron chi connectivity index (χ3n) is 5.88. The van der Waals surface area contributed by atoms with Gasteiger partial charge in [0.15, 0.2) is 5.78 Å². The lowest BCUT2D eigenvalue weighted by atomic mass is 10.1. The van der Waals surface area contributed by atoms with Crippen molar-refractivity contribution in [3.05, 3.63) is 63.8 Å². The highest BCUT2D eigenvalue weighted by atomic mass is 16.1. The zero-order chi connectivity index (χ0) is 22.0. The summed E-state index contributed by atoms with van der Waals surface area (Å²) in [6.45, 7) is 10.2. The van der Waals surface area contributed by atoms with Crippen LogP contribution in [0.3, 0.4) is 0 Å². The predicted molar refractivity (Wildman–Crippen MR) is 125 cm³/mol. The Kier molecular flexibility index (Phi) is 6.13. The number of rotatable bonds is 6. The topological polar surface area (TPSA) is 82.2 Å². The quantitative estimate of drug-likeness (QED) is 0.615. The van der Waals surface area contributed by atoms with E-state index in [0.717, 1.165) is 60.6 Å². The Labute approximate surface area is 183 Å². The maximum Gasteiger partial charge on any atom is 0.251 e. The molecule has 4 rings (SSSR count). The number of hydrogen-bond acceptors (Lipinski definition) is 6. The number of aromatic amines is 1. The molecule has 0 atom stereocenters. The molecule has 0 aromatic carbocycles. The third-order valence-corrected chi connectivity index (χ3v) is 5.88. The van der Waals surface area contributed by atoms with E-state index in [0.29, 0.717) is 12.1 Å². The molecular formula is C24H31N5O2. The summed E-state index contributed by atoms with van der Waals surface area (Å²) < 4.78 is 0. The number of aryl methyl sites for hydroxylation is 1. The van der Waals surface area contributed by atoms with Crippen molar-refractivity contribution < 1.29 is 6.22 Å². The molecule has 3 aromatic heterocycles. The number of nitrogens with one attached hydrogen (secondary N) is 1. The molecule has 0 radical (unpaired) electrons. The van der Waals surface area contributed by atoms with E-state index in [1.54, 1.807) is 6.20 Å². The Hall–Kier alpha value is -3.06. The molecule has 0 saturated carbocycles. The Morgan fingerprint density at radius 2 is 1.90 bits per heavy atom. The molecule has 1 aliphatic heterocycles. The van der Waals surface area contributed by atoms with Crippen LogP contribution in [0.15, 0.2) is 41.5 Å². The highest BCUT2D eigenvalue weighted by molar-refractivity contribution is 5.95. The standard InChI is InChI=1S/C24H29N5O2.H2/c1-4-18-12-21-22(27-24(18)31)11-17(13-25-21)15-28-7-9-29(10-8-28)19-5-6-20(26-14-19)23(30)16(2)3;/h5-6,11-14,16H,4,7-10,15H2,1-3H3,(H,27,31);1H. The SMILES string of the molecule is CCc1cc2ncc(CN3CCN(c4ccc(C(=O)C(C)C)nc4)CC3)cc2[nH]c1=O.[HH]. The van der Waals surface area contributed by atoms with Gasteiger partial charge in [-0.2, -0.15) is 0 Å². The van der Waals surface area contributed by atoms with Crippen LogP contribution in [-0.2, 0) is 13.0 Å². The molecule has 0 bridgehead atoms. The number of aromatic nitrogens is 3. The predicted octanol–water partition coefficient (Wildman–Crippen LogP) is 3.29. The average Bonchev–Trinajstić information content (AvgIpc) is 2.78. The van der Waals surface area contributed by atoms with E-state index in [1.807, 2.05) is 51.2 Å². The summed E-state index contributed by atoms with van der Waals surface area (Å²) in [5, 5.41) is 0. The van der Waals surface area contributed by atoms with Crippen molar-refractivity contribution in [1.82, 2.24) is 19.9 Å². The molecule has 1 aliphatic rings. The molecular weight excluding hydrogens is 390 g/mol. The zero-order valence-corrected chi connectivity index (χ0v) is 18.4. The summed E-state index contributed by atoms with van der Waals surface area (Å²) in [6.07, 6.45) is 4.41. The first-order valence-electron chi connectivity index (χ1n) is 10.9.